The molecule has 1 aliphatic rings. The summed E-state index contributed by atoms with van der Waals surface area (Å²) in [6.45, 7) is 3.82. The summed E-state index contributed by atoms with van der Waals surface area (Å²) in [5, 5.41) is 3.04. The Bertz CT molecular complexity index is 1020. The lowest BCUT2D eigenvalue weighted by Crippen LogP contribution is -2.30. The molecule has 26 heavy (non-hydrogen) atoms. The first kappa shape index (κ1) is 17.0. The molecular formula is C20H18FN3OS. The van der Waals surface area contributed by atoms with Crippen molar-refractivity contribution in [2.75, 3.05) is 5.75 Å². The molecule has 132 valence electrons. The van der Waals surface area contributed by atoms with Crippen molar-refractivity contribution in [2.24, 2.45) is 0 Å². The van der Waals surface area contributed by atoms with Gasteiger partial charge in [0.1, 0.15) is 5.82 Å². The fraction of sp³-hybridized carbons (Fsp3) is 0.250. The number of halogens is 1. The predicted molar refractivity (Wildman–Crippen MR) is 101 cm³/mol. The average Bonchev–Trinajstić information content (AvgIpc) is 2.63. The lowest BCUT2D eigenvalue weighted by atomic mass is 10.0. The number of carbonyl (C=O) groups excluding carboxylic acids is 1. The molecule has 1 aromatic heterocycles. The maximum Gasteiger partial charge on any atom is 0.251 e. The van der Waals surface area contributed by atoms with Crippen LogP contribution in [0.4, 0.5) is 4.39 Å². The van der Waals surface area contributed by atoms with Gasteiger partial charge in [0.15, 0.2) is 0 Å². The Morgan fingerprint density at radius 3 is 2.69 bits per heavy atom. The number of fused-ring (bicyclic) bond motifs is 2. The van der Waals surface area contributed by atoms with Gasteiger partial charge in [0.25, 0.3) is 5.91 Å². The Hall–Kier alpha value is -2.47. The number of nitrogens with zero attached hydrogens (tertiary/aromatic N) is 2. The second-order valence-corrected chi connectivity index (χ2v) is 7.58. The van der Waals surface area contributed by atoms with E-state index in [-0.39, 0.29) is 17.8 Å². The van der Waals surface area contributed by atoms with Crippen LogP contribution in [0.5, 0.6) is 0 Å². The lowest BCUT2D eigenvalue weighted by molar-refractivity contribution is 0.0935. The van der Waals surface area contributed by atoms with Gasteiger partial charge >= 0.3 is 0 Å². The van der Waals surface area contributed by atoms with Crippen molar-refractivity contribution in [3.8, 4) is 0 Å². The Labute approximate surface area is 155 Å². The fourth-order valence-corrected chi connectivity index (χ4v) is 4.23. The summed E-state index contributed by atoms with van der Waals surface area (Å²) in [4.78, 5) is 22.8. The number of carbonyl (C=O) groups is 1. The number of nitrogens with one attached hydrogen (secondary N) is 1. The molecule has 1 N–H and O–H groups in total. The van der Waals surface area contributed by atoms with Crippen LogP contribution in [0.3, 0.4) is 0 Å². The molecule has 0 radical (unpaired) electrons. The molecule has 1 unspecified atom stereocenters. The minimum atomic E-state index is -0.280. The van der Waals surface area contributed by atoms with Crippen LogP contribution in [0.2, 0.25) is 0 Å². The number of aromatic nitrogens is 2. The summed E-state index contributed by atoms with van der Waals surface area (Å²) in [6, 6.07) is 9.90. The van der Waals surface area contributed by atoms with Gasteiger partial charge in [-0.3, -0.25) is 4.79 Å². The minimum absolute atomic E-state index is 0.181. The standard InChI is InChI=1S/C20H18FN3OS/c1-11-12(2)23-18-9-13(3-5-17(18)22-11)20(25)24-16-7-8-26-19-6-4-14(21)10-15(16)19/h3-6,9-10,16H,7-8H2,1-2H3,(H,24,25). The third-order valence-corrected chi connectivity index (χ3v) is 5.78. The average molecular weight is 367 g/mol. The summed E-state index contributed by atoms with van der Waals surface area (Å²) < 4.78 is 13.6. The molecule has 1 amide bonds. The monoisotopic (exact) mass is 367 g/mol. The van der Waals surface area contributed by atoms with Gasteiger partial charge in [0.2, 0.25) is 0 Å². The molecule has 6 heteroatoms. The highest BCUT2D eigenvalue weighted by Gasteiger charge is 2.23. The third kappa shape index (κ3) is 3.17. The van der Waals surface area contributed by atoms with Crippen molar-refractivity contribution in [1.82, 2.24) is 15.3 Å². The van der Waals surface area contributed by atoms with E-state index in [1.165, 1.54) is 12.1 Å². The molecule has 0 aliphatic carbocycles. The van der Waals surface area contributed by atoms with E-state index in [0.717, 1.165) is 39.5 Å². The van der Waals surface area contributed by atoms with Crippen LogP contribution >= 0.6 is 11.8 Å². The highest BCUT2D eigenvalue weighted by molar-refractivity contribution is 7.99. The van der Waals surface area contributed by atoms with Crippen LogP contribution in [-0.4, -0.2) is 21.6 Å². The summed E-state index contributed by atoms with van der Waals surface area (Å²) in [6.07, 6.45) is 0.776. The van der Waals surface area contributed by atoms with Crippen molar-refractivity contribution in [2.45, 2.75) is 31.2 Å². The molecule has 0 bridgehead atoms. The van der Waals surface area contributed by atoms with E-state index in [1.807, 2.05) is 19.9 Å². The minimum Gasteiger partial charge on any atom is -0.345 e. The number of aryl methyl sites for hydroxylation is 2. The molecule has 2 heterocycles. The van der Waals surface area contributed by atoms with Gasteiger partial charge in [-0.15, -0.1) is 11.8 Å². The zero-order valence-electron chi connectivity index (χ0n) is 14.5. The molecule has 0 saturated heterocycles. The zero-order valence-corrected chi connectivity index (χ0v) is 15.4. The van der Waals surface area contributed by atoms with E-state index in [0.29, 0.717) is 11.1 Å². The fourth-order valence-electron chi connectivity index (χ4n) is 3.13. The second-order valence-electron chi connectivity index (χ2n) is 6.44. The first-order valence-corrected chi connectivity index (χ1v) is 9.48. The Kier molecular flexibility index (Phi) is 4.36. The van der Waals surface area contributed by atoms with Crippen LogP contribution < -0.4 is 5.32 Å². The second kappa shape index (κ2) is 6.68. The number of benzene rings is 2. The SMILES string of the molecule is Cc1nc2ccc(C(=O)NC3CCSc4ccc(F)cc43)cc2nc1C. The Morgan fingerprint density at radius 1 is 1.12 bits per heavy atom. The summed E-state index contributed by atoms with van der Waals surface area (Å²) in [5.74, 6) is 0.432. The molecule has 0 saturated carbocycles. The maximum atomic E-state index is 13.6. The maximum absolute atomic E-state index is 13.6. The zero-order chi connectivity index (χ0) is 18.3. The van der Waals surface area contributed by atoms with Crippen LogP contribution in [0, 0.1) is 19.7 Å². The van der Waals surface area contributed by atoms with E-state index in [2.05, 4.69) is 15.3 Å². The molecule has 4 rings (SSSR count). The molecule has 0 spiro atoms. The van der Waals surface area contributed by atoms with E-state index < -0.39 is 0 Å². The van der Waals surface area contributed by atoms with E-state index in [9.17, 15) is 9.18 Å². The first-order valence-electron chi connectivity index (χ1n) is 8.49. The number of hydrogen-bond acceptors (Lipinski definition) is 4. The first-order chi connectivity index (χ1) is 12.5. The third-order valence-electron chi connectivity index (χ3n) is 4.65. The van der Waals surface area contributed by atoms with Gasteiger partial charge in [0.05, 0.1) is 28.5 Å². The summed E-state index contributed by atoms with van der Waals surface area (Å²) in [5.41, 5.74) is 4.59. The number of hydrogen-bond donors (Lipinski definition) is 1. The van der Waals surface area contributed by atoms with Gasteiger partial charge in [-0.25, -0.2) is 14.4 Å². The molecule has 1 aliphatic heterocycles. The van der Waals surface area contributed by atoms with Gasteiger partial charge in [-0.2, -0.15) is 0 Å². The van der Waals surface area contributed by atoms with Gasteiger partial charge < -0.3 is 5.32 Å². The van der Waals surface area contributed by atoms with Gasteiger partial charge in [-0.05, 0) is 62.2 Å². The van der Waals surface area contributed by atoms with Crippen LogP contribution in [0.1, 0.15) is 39.8 Å². The Morgan fingerprint density at radius 2 is 1.88 bits per heavy atom. The predicted octanol–water partition coefficient (Wildman–Crippen LogP) is 4.35. The quantitative estimate of drug-likeness (QED) is 0.731. The molecule has 3 aromatic rings. The largest absolute Gasteiger partial charge is 0.345 e. The van der Waals surface area contributed by atoms with Crippen LogP contribution in [0.15, 0.2) is 41.3 Å². The van der Waals surface area contributed by atoms with Crippen molar-refractivity contribution < 1.29 is 9.18 Å². The molecule has 2 aromatic carbocycles. The van der Waals surface area contributed by atoms with Crippen molar-refractivity contribution >= 4 is 28.7 Å². The van der Waals surface area contributed by atoms with E-state index >= 15 is 0 Å². The normalized spacial score (nSPS) is 16.3. The molecule has 4 nitrogen and oxygen atoms in total. The highest BCUT2D eigenvalue weighted by atomic mass is 32.2. The Balaban J connectivity index is 1.62. The number of thioether (sulfide) groups is 1. The van der Waals surface area contributed by atoms with Gasteiger partial charge in [-0.1, -0.05) is 0 Å². The topological polar surface area (TPSA) is 54.9 Å². The van der Waals surface area contributed by atoms with Crippen LogP contribution in [0.25, 0.3) is 11.0 Å². The van der Waals surface area contributed by atoms with Crippen LogP contribution in [-0.2, 0) is 0 Å². The molecular weight excluding hydrogens is 349 g/mol. The highest BCUT2D eigenvalue weighted by Crippen LogP contribution is 2.36. The van der Waals surface area contributed by atoms with E-state index in [1.54, 1.807) is 30.0 Å². The molecule has 0 fully saturated rings. The van der Waals surface area contributed by atoms with Crippen molar-refractivity contribution in [1.29, 1.82) is 0 Å². The van der Waals surface area contributed by atoms with E-state index in [4.69, 9.17) is 0 Å². The lowest BCUT2D eigenvalue weighted by Gasteiger charge is -2.26. The summed E-state index contributed by atoms with van der Waals surface area (Å²) >= 11 is 1.69. The summed E-state index contributed by atoms with van der Waals surface area (Å²) in [7, 11) is 0. The van der Waals surface area contributed by atoms with Gasteiger partial charge in [0, 0.05) is 16.2 Å². The number of rotatable bonds is 2. The smallest absolute Gasteiger partial charge is 0.251 e. The van der Waals surface area contributed by atoms with Crippen molar-refractivity contribution in [3.63, 3.8) is 0 Å². The molecule has 1 atom stereocenters. The number of amides is 1. The van der Waals surface area contributed by atoms with Crippen molar-refractivity contribution in [3.05, 3.63) is 64.7 Å².